The van der Waals surface area contributed by atoms with Crippen LogP contribution < -0.4 is 0 Å². The van der Waals surface area contributed by atoms with Gasteiger partial charge in [0, 0.05) is 18.6 Å². The first-order valence-electron chi connectivity index (χ1n) is 3.20. The summed E-state index contributed by atoms with van der Waals surface area (Å²) in [6.45, 7) is 0. The minimum Gasteiger partial charge on any atom is -0.252 e. The molecule has 5 heteroatoms. The largest absolute Gasteiger partial charge is 0.252 e. The predicted molar refractivity (Wildman–Crippen MR) is 57.8 cm³/mol. The van der Waals surface area contributed by atoms with Gasteiger partial charge in [-0.2, -0.15) is 0 Å². The van der Waals surface area contributed by atoms with Crippen molar-refractivity contribution in [3.05, 3.63) is 26.8 Å². The molecule has 0 radical (unpaired) electrons. The summed E-state index contributed by atoms with van der Waals surface area (Å²) in [5, 5.41) is 0. The van der Waals surface area contributed by atoms with E-state index in [9.17, 15) is 0 Å². The van der Waals surface area contributed by atoms with Crippen LogP contribution in [0.25, 0.3) is 11.0 Å². The molecular weight excluding hydrogens is 333 g/mol. The lowest BCUT2D eigenvalue weighted by Gasteiger charge is -1.98. The molecule has 0 bridgehead atoms. The predicted octanol–water partition coefficient (Wildman–Crippen LogP) is 2.39. The molecule has 0 atom stereocenters. The van der Waals surface area contributed by atoms with Crippen LogP contribution in [0.4, 0.5) is 0 Å². The van der Waals surface area contributed by atoms with E-state index in [-0.39, 0.29) is 0 Å². The van der Waals surface area contributed by atoms with Crippen LogP contribution in [-0.4, -0.2) is 15.0 Å². The van der Waals surface area contributed by atoms with E-state index >= 15 is 0 Å². The normalized spacial score (nSPS) is 10.5. The van der Waals surface area contributed by atoms with Gasteiger partial charge in [0.25, 0.3) is 0 Å². The first kappa shape index (κ1) is 8.31. The van der Waals surface area contributed by atoms with Crippen molar-refractivity contribution >= 4 is 49.6 Å². The third-order valence-electron chi connectivity index (χ3n) is 1.41. The van der Waals surface area contributed by atoms with Crippen LogP contribution >= 0.6 is 38.5 Å². The Balaban J connectivity index is 2.95. The molecule has 0 amide bonds. The zero-order chi connectivity index (χ0) is 8.55. The van der Waals surface area contributed by atoms with Crippen LogP contribution in [0.5, 0.6) is 0 Å². The molecule has 2 heterocycles. The highest BCUT2D eigenvalue weighted by atomic mass is 127. The summed E-state index contributed by atoms with van der Waals surface area (Å²) in [5.74, 6) is 0. The Hall–Kier alpha value is -0.300. The van der Waals surface area contributed by atoms with Crippen molar-refractivity contribution < 1.29 is 0 Å². The molecule has 0 fully saturated rings. The number of nitrogens with zero attached hydrogens (tertiary/aromatic N) is 3. The van der Waals surface area contributed by atoms with Crippen molar-refractivity contribution in [1.82, 2.24) is 15.0 Å². The second kappa shape index (κ2) is 3.21. The molecular formula is C7H3BrIN3. The minimum absolute atomic E-state index is 0.840. The average Bonchev–Trinajstić information content (AvgIpc) is 2.12. The SMILES string of the molecule is Brc1cnc(I)c2nccnc12. The fraction of sp³-hybridized carbons (Fsp3) is 0. The second-order valence-corrected chi connectivity index (χ2v) is 4.03. The van der Waals surface area contributed by atoms with Crippen molar-refractivity contribution in [2.75, 3.05) is 0 Å². The van der Waals surface area contributed by atoms with Gasteiger partial charge in [0.15, 0.2) is 0 Å². The van der Waals surface area contributed by atoms with Gasteiger partial charge >= 0.3 is 0 Å². The summed E-state index contributed by atoms with van der Waals surface area (Å²) in [5.41, 5.74) is 1.70. The van der Waals surface area contributed by atoms with E-state index in [1.807, 2.05) is 0 Å². The van der Waals surface area contributed by atoms with Crippen molar-refractivity contribution in [2.24, 2.45) is 0 Å². The molecule has 0 aliphatic carbocycles. The summed E-state index contributed by atoms with van der Waals surface area (Å²) in [6.07, 6.45) is 5.07. The molecule has 2 aromatic rings. The minimum atomic E-state index is 0.840. The summed E-state index contributed by atoms with van der Waals surface area (Å²) >= 11 is 5.50. The highest BCUT2D eigenvalue weighted by Gasteiger charge is 2.04. The van der Waals surface area contributed by atoms with Crippen molar-refractivity contribution in [3.8, 4) is 0 Å². The molecule has 0 aliphatic rings. The zero-order valence-electron chi connectivity index (χ0n) is 5.83. The third kappa shape index (κ3) is 1.31. The molecule has 0 aliphatic heterocycles. The highest BCUT2D eigenvalue weighted by Crippen LogP contribution is 2.21. The molecule has 0 saturated carbocycles. The van der Waals surface area contributed by atoms with Gasteiger partial charge in [-0.15, -0.1) is 0 Å². The second-order valence-electron chi connectivity index (χ2n) is 2.15. The molecule has 0 spiro atoms. The van der Waals surface area contributed by atoms with Gasteiger partial charge in [-0.1, -0.05) is 0 Å². The van der Waals surface area contributed by atoms with E-state index < -0.39 is 0 Å². The van der Waals surface area contributed by atoms with Crippen molar-refractivity contribution in [1.29, 1.82) is 0 Å². The van der Waals surface area contributed by atoms with E-state index in [0.717, 1.165) is 19.2 Å². The third-order valence-corrected chi connectivity index (χ3v) is 2.78. The van der Waals surface area contributed by atoms with E-state index in [0.29, 0.717) is 0 Å². The number of fused-ring (bicyclic) bond motifs is 1. The van der Waals surface area contributed by atoms with Crippen molar-refractivity contribution in [2.45, 2.75) is 0 Å². The zero-order valence-corrected chi connectivity index (χ0v) is 9.57. The van der Waals surface area contributed by atoms with Crippen LogP contribution in [0, 0.1) is 3.70 Å². The first-order valence-corrected chi connectivity index (χ1v) is 5.07. The van der Waals surface area contributed by atoms with Crippen LogP contribution in [0.15, 0.2) is 23.1 Å². The summed E-state index contributed by atoms with van der Waals surface area (Å²) < 4.78 is 1.75. The summed E-state index contributed by atoms with van der Waals surface area (Å²) in [6, 6.07) is 0. The van der Waals surface area contributed by atoms with Gasteiger partial charge in [-0.25, -0.2) is 4.98 Å². The molecule has 12 heavy (non-hydrogen) atoms. The Labute approximate surface area is 90.9 Å². The van der Waals surface area contributed by atoms with Gasteiger partial charge in [0.1, 0.15) is 14.7 Å². The van der Waals surface area contributed by atoms with E-state index in [4.69, 9.17) is 0 Å². The lowest BCUT2D eigenvalue weighted by atomic mass is 10.4. The number of halogens is 2. The quantitative estimate of drug-likeness (QED) is 0.548. The van der Waals surface area contributed by atoms with Crippen LogP contribution in [0.3, 0.4) is 0 Å². The first-order chi connectivity index (χ1) is 5.79. The van der Waals surface area contributed by atoms with Crippen molar-refractivity contribution in [3.63, 3.8) is 0 Å². The molecule has 0 aromatic carbocycles. The van der Waals surface area contributed by atoms with Crippen LogP contribution in [-0.2, 0) is 0 Å². The van der Waals surface area contributed by atoms with E-state index in [1.165, 1.54) is 0 Å². The van der Waals surface area contributed by atoms with Gasteiger partial charge in [0.05, 0.1) is 4.47 Å². The molecule has 3 nitrogen and oxygen atoms in total. The molecule has 0 N–H and O–H groups in total. The Morgan fingerprint density at radius 2 is 1.75 bits per heavy atom. The summed E-state index contributed by atoms with van der Waals surface area (Å²) in [4.78, 5) is 12.5. The molecule has 60 valence electrons. The van der Waals surface area contributed by atoms with Crippen LogP contribution in [0.2, 0.25) is 0 Å². The average molecular weight is 336 g/mol. The smallest absolute Gasteiger partial charge is 0.129 e. The summed E-state index contributed by atoms with van der Waals surface area (Å²) in [7, 11) is 0. The van der Waals surface area contributed by atoms with Gasteiger partial charge in [-0.05, 0) is 38.5 Å². The number of hydrogen-bond donors (Lipinski definition) is 0. The lowest BCUT2D eigenvalue weighted by Crippen LogP contribution is -1.89. The topological polar surface area (TPSA) is 38.7 Å². The standard InChI is InChI=1S/C7H3BrIN3/c8-4-3-12-7(9)6-5(4)10-1-2-11-6/h1-3H. The van der Waals surface area contributed by atoms with E-state index in [1.54, 1.807) is 18.6 Å². The van der Waals surface area contributed by atoms with Gasteiger partial charge in [-0.3, -0.25) is 9.97 Å². The maximum Gasteiger partial charge on any atom is 0.129 e. The van der Waals surface area contributed by atoms with Gasteiger partial charge in [0.2, 0.25) is 0 Å². The van der Waals surface area contributed by atoms with Crippen LogP contribution in [0.1, 0.15) is 0 Å². The fourth-order valence-electron chi connectivity index (χ4n) is 0.899. The number of rotatable bonds is 0. The Morgan fingerprint density at radius 3 is 2.42 bits per heavy atom. The Bertz CT molecular complexity index is 391. The maximum absolute atomic E-state index is 4.19. The Kier molecular flexibility index (Phi) is 2.22. The number of pyridine rings is 1. The molecule has 2 aromatic heterocycles. The van der Waals surface area contributed by atoms with Gasteiger partial charge < -0.3 is 0 Å². The maximum atomic E-state index is 4.19. The molecule has 0 saturated heterocycles. The molecule has 2 rings (SSSR count). The number of hydrogen-bond acceptors (Lipinski definition) is 3. The lowest BCUT2D eigenvalue weighted by molar-refractivity contribution is 1.21. The molecule has 0 unspecified atom stereocenters. The number of aromatic nitrogens is 3. The Morgan fingerprint density at radius 1 is 1.08 bits per heavy atom. The highest BCUT2D eigenvalue weighted by molar-refractivity contribution is 14.1. The fourth-order valence-corrected chi connectivity index (χ4v) is 1.83. The van der Waals surface area contributed by atoms with E-state index in [2.05, 4.69) is 53.5 Å². The monoisotopic (exact) mass is 335 g/mol.